The minimum Gasteiger partial charge on any atom is -0.477 e. The van der Waals surface area contributed by atoms with Crippen LogP contribution in [-0.4, -0.2) is 63.7 Å². The second-order valence-corrected chi connectivity index (χ2v) is 8.65. The van der Waals surface area contributed by atoms with Crippen molar-refractivity contribution in [3.63, 3.8) is 0 Å². The van der Waals surface area contributed by atoms with Crippen molar-refractivity contribution >= 4 is 43.3 Å². The van der Waals surface area contributed by atoms with Crippen molar-refractivity contribution in [2.24, 2.45) is 0 Å². The fourth-order valence-corrected chi connectivity index (χ4v) is 5.41. The summed E-state index contributed by atoms with van der Waals surface area (Å²) in [5.41, 5.74) is 0. The first-order valence-electron chi connectivity index (χ1n) is 6.35. The van der Waals surface area contributed by atoms with Crippen molar-refractivity contribution < 1.29 is 18.3 Å². The van der Waals surface area contributed by atoms with Gasteiger partial charge in [0.25, 0.3) is 0 Å². The second kappa shape index (κ2) is 7.16. The minimum absolute atomic E-state index is 0.00986. The molecule has 0 amide bonds. The van der Waals surface area contributed by atoms with Crippen LogP contribution in [0.25, 0.3) is 0 Å². The molecule has 1 saturated heterocycles. The van der Waals surface area contributed by atoms with Crippen molar-refractivity contribution in [1.29, 1.82) is 0 Å². The minimum atomic E-state index is -3.70. The van der Waals surface area contributed by atoms with E-state index in [0.29, 0.717) is 16.9 Å². The lowest BCUT2D eigenvalue weighted by Crippen LogP contribution is -2.46. The third-order valence-electron chi connectivity index (χ3n) is 3.09. The Morgan fingerprint density at radius 3 is 2.71 bits per heavy atom. The molecule has 0 radical (unpaired) electrons. The van der Waals surface area contributed by atoms with E-state index in [1.165, 1.54) is 6.07 Å². The highest BCUT2D eigenvalue weighted by molar-refractivity contribution is 9.11. The maximum Gasteiger partial charge on any atom is 0.345 e. The highest BCUT2D eigenvalue weighted by Crippen LogP contribution is 2.31. The Labute approximate surface area is 135 Å². The number of nitrogens with zero attached hydrogens (tertiary/aromatic N) is 1. The maximum absolute atomic E-state index is 12.2. The van der Waals surface area contributed by atoms with Crippen LogP contribution in [0.1, 0.15) is 9.67 Å². The fourth-order valence-electron chi connectivity index (χ4n) is 1.99. The molecule has 0 aliphatic carbocycles. The van der Waals surface area contributed by atoms with Gasteiger partial charge in [-0.05, 0) is 22.0 Å². The van der Waals surface area contributed by atoms with E-state index in [1.807, 2.05) is 0 Å². The van der Waals surface area contributed by atoms with E-state index in [4.69, 9.17) is 5.11 Å². The molecule has 0 unspecified atom stereocenters. The first kappa shape index (κ1) is 16.8. The number of carboxylic acids is 1. The van der Waals surface area contributed by atoms with Crippen LogP contribution in [0.5, 0.6) is 0 Å². The predicted molar refractivity (Wildman–Crippen MR) is 83.5 cm³/mol. The molecule has 2 rings (SSSR count). The zero-order chi connectivity index (χ0) is 15.5. The molecule has 1 aromatic rings. The van der Waals surface area contributed by atoms with Crippen LogP contribution in [-0.2, 0) is 10.0 Å². The lowest BCUT2D eigenvalue weighted by Gasteiger charge is -2.27. The summed E-state index contributed by atoms with van der Waals surface area (Å²) in [7, 11) is -3.70. The lowest BCUT2D eigenvalue weighted by molar-refractivity contribution is 0.0702. The molecule has 1 fully saturated rings. The largest absolute Gasteiger partial charge is 0.477 e. The number of carbonyl (C=O) groups is 1. The van der Waals surface area contributed by atoms with Crippen molar-refractivity contribution in [2.75, 3.05) is 39.3 Å². The Bertz CT molecular complexity index is 611. The van der Waals surface area contributed by atoms with Gasteiger partial charge in [0.05, 0.1) is 3.79 Å². The van der Waals surface area contributed by atoms with Crippen molar-refractivity contribution in [1.82, 2.24) is 14.9 Å². The molecule has 1 aliphatic heterocycles. The topological polar surface area (TPSA) is 98.7 Å². The summed E-state index contributed by atoms with van der Waals surface area (Å²) in [6.45, 7) is 4.54. The van der Waals surface area contributed by atoms with Gasteiger partial charge in [0, 0.05) is 39.3 Å². The monoisotopic (exact) mass is 397 g/mol. The van der Waals surface area contributed by atoms with E-state index in [1.54, 1.807) is 0 Å². The van der Waals surface area contributed by atoms with Crippen LogP contribution in [0.15, 0.2) is 14.7 Å². The molecular weight excluding hydrogens is 382 g/mol. The molecular formula is C11H16BrN3O4S2. The summed E-state index contributed by atoms with van der Waals surface area (Å²) in [5.74, 6) is -1.14. The number of nitrogens with one attached hydrogen (secondary N) is 2. The first-order chi connectivity index (χ1) is 9.90. The van der Waals surface area contributed by atoms with Gasteiger partial charge >= 0.3 is 5.97 Å². The molecule has 0 saturated carbocycles. The zero-order valence-corrected chi connectivity index (χ0v) is 14.4. The number of hydrogen-bond donors (Lipinski definition) is 3. The van der Waals surface area contributed by atoms with E-state index in [0.717, 1.165) is 37.5 Å². The average molecular weight is 398 g/mol. The van der Waals surface area contributed by atoms with Gasteiger partial charge in [0.15, 0.2) is 0 Å². The standard InChI is InChI=1S/C11H16BrN3O4S2/c12-10-9(7-8(20-10)11(16)17)21(18,19)14-3-6-15-4-1-13-2-5-15/h7,13-14H,1-6H2,(H,16,17). The van der Waals surface area contributed by atoms with Gasteiger partial charge in [-0.25, -0.2) is 17.9 Å². The van der Waals surface area contributed by atoms with Crippen LogP contribution in [0.3, 0.4) is 0 Å². The zero-order valence-electron chi connectivity index (χ0n) is 11.1. The SMILES string of the molecule is O=C(O)c1cc(S(=O)(=O)NCCN2CCNCC2)c(Br)s1. The van der Waals surface area contributed by atoms with Crippen LogP contribution < -0.4 is 10.0 Å². The van der Waals surface area contributed by atoms with Gasteiger partial charge in [-0.15, -0.1) is 11.3 Å². The molecule has 0 atom stereocenters. The van der Waals surface area contributed by atoms with Gasteiger partial charge in [-0.2, -0.15) is 0 Å². The lowest BCUT2D eigenvalue weighted by atomic mass is 10.3. The average Bonchev–Trinajstić information content (AvgIpc) is 2.83. The second-order valence-electron chi connectivity index (χ2n) is 4.54. The number of piperazine rings is 1. The van der Waals surface area contributed by atoms with Gasteiger partial charge in [-0.1, -0.05) is 0 Å². The Morgan fingerprint density at radius 1 is 1.48 bits per heavy atom. The van der Waals surface area contributed by atoms with E-state index in [9.17, 15) is 13.2 Å². The highest BCUT2D eigenvalue weighted by atomic mass is 79.9. The predicted octanol–water partition coefficient (Wildman–Crippen LogP) is 0.392. The first-order valence-corrected chi connectivity index (χ1v) is 9.45. The maximum atomic E-state index is 12.2. The van der Waals surface area contributed by atoms with E-state index >= 15 is 0 Å². The molecule has 0 bridgehead atoms. The molecule has 0 spiro atoms. The fraction of sp³-hybridized carbons (Fsp3) is 0.545. The van der Waals surface area contributed by atoms with E-state index < -0.39 is 16.0 Å². The van der Waals surface area contributed by atoms with E-state index in [-0.39, 0.29) is 9.77 Å². The number of rotatable bonds is 6. The summed E-state index contributed by atoms with van der Waals surface area (Å²) >= 11 is 4.00. The Hall–Kier alpha value is -0.520. The van der Waals surface area contributed by atoms with Gasteiger partial charge in [0.1, 0.15) is 9.77 Å². The summed E-state index contributed by atoms with van der Waals surface area (Å²) in [4.78, 5) is 13.0. The van der Waals surface area contributed by atoms with Gasteiger partial charge in [-0.3, -0.25) is 4.90 Å². The number of sulfonamides is 1. The molecule has 7 nitrogen and oxygen atoms in total. The summed E-state index contributed by atoms with van der Waals surface area (Å²) in [6, 6.07) is 1.17. The molecule has 0 aromatic carbocycles. The number of halogens is 1. The van der Waals surface area contributed by atoms with Crippen LogP contribution in [0, 0.1) is 0 Å². The van der Waals surface area contributed by atoms with Crippen molar-refractivity contribution in [2.45, 2.75) is 4.90 Å². The third kappa shape index (κ3) is 4.47. The molecule has 1 aromatic heterocycles. The van der Waals surface area contributed by atoms with Crippen LogP contribution in [0.4, 0.5) is 0 Å². The smallest absolute Gasteiger partial charge is 0.345 e. The Morgan fingerprint density at radius 2 is 2.14 bits per heavy atom. The number of thiophene rings is 1. The number of hydrogen-bond acceptors (Lipinski definition) is 6. The van der Waals surface area contributed by atoms with Gasteiger partial charge in [0.2, 0.25) is 10.0 Å². The normalized spacial score (nSPS) is 17.0. The quantitative estimate of drug-likeness (QED) is 0.642. The Kier molecular flexibility index (Phi) is 5.74. The Balaban J connectivity index is 1.96. The molecule has 118 valence electrons. The highest BCUT2D eigenvalue weighted by Gasteiger charge is 2.23. The molecule has 2 heterocycles. The summed E-state index contributed by atoms with van der Waals surface area (Å²) in [6.07, 6.45) is 0. The number of carboxylic acid groups (broad SMARTS) is 1. The molecule has 3 N–H and O–H groups in total. The summed E-state index contributed by atoms with van der Waals surface area (Å²) < 4.78 is 27.2. The molecule has 1 aliphatic rings. The van der Waals surface area contributed by atoms with Crippen molar-refractivity contribution in [3.05, 3.63) is 14.7 Å². The van der Waals surface area contributed by atoms with Crippen LogP contribution in [0.2, 0.25) is 0 Å². The molecule has 10 heteroatoms. The summed E-state index contributed by atoms with van der Waals surface area (Å²) in [5, 5.41) is 12.1. The third-order valence-corrected chi connectivity index (χ3v) is 6.79. The van der Waals surface area contributed by atoms with Crippen LogP contribution >= 0.6 is 27.3 Å². The van der Waals surface area contributed by atoms with Gasteiger partial charge < -0.3 is 10.4 Å². The van der Waals surface area contributed by atoms with Crippen molar-refractivity contribution in [3.8, 4) is 0 Å². The number of aromatic carboxylic acids is 1. The molecule has 21 heavy (non-hydrogen) atoms. The van der Waals surface area contributed by atoms with E-state index in [2.05, 4.69) is 30.9 Å².